The Morgan fingerprint density at radius 1 is 1.25 bits per heavy atom. The van der Waals surface area contributed by atoms with Gasteiger partial charge in [-0.25, -0.2) is 0 Å². The van der Waals surface area contributed by atoms with Gasteiger partial charge in [0.2, 0.25) is 0 Å². The van der Waals surface area contributed by atoms with Gasteiger partial charge >= 0.3 is 0 Å². The number of ether oxygens (including phenoxy) is 1. The van der Waals surface area contributed by atoms with Gasteiger partial charge in [0.1, 0.15) is 17.9 Å². The number of benzene rings is 1. The highest BCUT2D eigenvalue weighted by molar-refractivity contribution is 5.76. The zero-order valence-corrected chi connectivity index (χ0v) is 11.0. The number of carbonyl (C=O) groups is 1. The first-order valence-electron chi connectivity index (χ1n) is 6.22. The van der Waals surface area contributed by atoms with Crippen LogP contribution in [0.3, 0.4) is 0 Å². The normalized spacial score (nSPS) is 10.7. The van der Waals surface area contributed by atoms with E-state index >= 15 is 0 Å². The highest BCUT2D eigenvalue weighted by Gasteiger charge is 2.07. The largest absolute Gasteiger partial charge is 0.497 e. The lowest BCUT2D eigenvalue weighted by molar-refractivity contribution is 0.112. The molecule has 3 aromatic rings. The van der Waals surface area contributed by atoms with Gasteiger partial charge in [-0.2, -0.15) is 0 Å². The van der Waals surface area contributed by atoms with Gasteiger partial charge in [-0.1, -0.05) is 12.1 Å². The van der Waals surface area contributed by atoms with Crippen LogP contribution in [0, 0.1) is 0 Å². The molecule has 2 heterocycles. The van der Waals surface area contributed by atoms with E-state index in [0.29, 0.717) is 17.6 Å². The Morgan fingerprint density at radius 2 is 2.15 bits per heavy atom. The Kier molecular flexibility index (Phi) is 3.16. The minimum atomic E-state index is 0.595. The fourth-order valence-electron chi connectivity index (χ4n) is 2.11. The number of aromatic nitrogens is 3. The van der Waals surface area contributed by atoms with Crippen molar-refractivity contribution in [2.24, 2.45) is 0 Å². The van der Waals surface area contributed by atoms with E-state index < -0.39 is 0 Å². The second kappa shape index (κ2) is 5.13. The van der Waals surface area contributed by atoms with Crippen LogP contribution in [0.25, 0.3) is 5.65 Å². The zero-order valence-electron chi connectivity index (χ0n) is 11.0. The third-order valence-corrected chi connectivity index (χ3v) is 3.14. The maximum absolute atomic E-state index is 10.7. The van der Waals surface area contributed by atoms with Crippen molar-refractivity contribution in [2.75, 3.05) is 7.11 Å². The van der Waals surface area contributed by atoms with Crippen molar-refractivity contribution in [1.82, 2.24) is 14.6 Å². The Hall–Kier alpha value is -2.69. The first-order chi connectivity index (χ1) is 9.80. The third kappa shape index (κ3) is 2.25. The molecule has 0 aliphatic rings. The Labute approximate surface area is 115 Å². The fraction of sp³-hybridized carbons (Fsp3) is 0.133. The second-order valence-corrected chi connectivity index (χ2v) is 4.45. The number of pyridine rings is 1. The third-order valence-electron chi connectivity index (χ3n) is 3.14. The van der Waals surface area contributed by atoms with E-state index in [4.69, 9.17) is 4.74 Å². The van der Waals surface area contributed by atoms with Crippen LogP contribution in [-0.2, 0) is 6.42 Å². The van der Waals surface area contributed by atoms with Crippen LogP contribution in [-0.4, -0.2) is 28.0 Å². The molecule has 1 aromatic carbocycles. The molecular formula is C15H13N3O2. The van der Waals surface area contributed by atoms with E-state index in [2.05, 4.69) is 10.2 Å². The molecule has 2 aromatic heterocycles. The number of carbonyl (C=O) groups excluding carboxylic acids is 1. The molecule has 0 spiro atoms. The van der Waals surface area contributed by atoms with Crippen molar-refractivity contribution >= 4 is 11.9 Å². The molecule has 0 saturated carbocycles. The molecule has 3 rings (SSSR count). The molecule has 5 nitrogen and oxygen atoms in total. The van der Waals surface area contributed by atoms with Crippen LogP contribution >= 0.6 is 0 Å². The van der Waals surface area contributed by atoms with E-state index in [-0.39, 0.29) is 0 Å². The minimum absolute atomic E-state index is 0.595. The van der Waals surface area contributed by atoms with Crippen molar-refractivity contribution < 1.29 is 9.53 Å². The summed E-state index contributed by atoms with van der Waals surface area (Å²) in [6, 6.07) is 11.3. The molecule has 0 saturated heterocycles. The number of hydrogen-bond donors (Lipinski definition) is 0. The molecule has 20 heavy (non-hydrogen) atoms. The van der Waals surface area contributed by atoms with Gasteiger partial charge in [0.05, 0.1) is 7.11 Å². The predicted octanol–water partition coefficient (Wildman–Crippen LogP) is 2.14. The molecule has 0 aliphatic carbocycles. The van der Waals surface area contributed by atoms with Crippen LogP contribution < -0.4 is 4.74 Å². The van der Waals surface area contributed by atoms with E-state index in [1.54, 1.807) is 19.2 Å². The fourth-order valence-corrected chi connectivity index (χ4v) is 2.11. The van der Waals surface area contributed by atoms with Gasteiger partial charge < -0.3 is 4.74 Å². The average Bonchev–Trinajstić information content (AvgIpc) is 2.89. The molecule has 0 bridgehead atoms. The standard InChI is InChI=1S/C15H13N3O2/c1-20-13-4-2-3-11(7-13)8-14-16-17-15-9-12(10-19)5-6-18(14)15/h2-7,9-10H,8H2,1H3. The van der Waals surface area contributed by atoms with Gasteiger partial charge in [-0.3, -0.25) is 9.20 Å². The van der Waals surface area contributed by atoms with Crippen LogP contribution in [0.5, 0.6) is 5.75 Å². The topological polar surface area (TPSA) is 56.5 Å². The summed E-state index contributed by atoms with van der Waals surface area (Å²) in [6.45, 7) is 0. The maximum atomic E-state index is 10.7. The Bertz CT molecular complexity index is 765. The molecule has 0 unspecified atom stereocenters. The summed E-state index contributed by atoms with van der Waals surface area (Å²) in [4.78, 5) is 10.7. The summed E-state index contributed by atoms with van der Waals surface area (Å²) in [5.41, 5.74) is 2.36. The molecule has 0 aliphatic heterocycles. The van der Waals surface area contributed by atoms with Crippen molar-refractivity contribution in [3.05, 3.63) is 59.5 Å². The highest BCUT2D eigenvalue weighted by Crippen LogP contribution is 2.16. The first-order valence-corrected chi connectivity index (χ1v) is 6.22. The van der Waals surface area contributed by atoms with Crippen molar-refractivity contribution in [1.29, 1.82) is 0 Å². The number of rotatable bonds is 4. The van der Waals surface area contributed by atoms with Crippen LogP contribution in [0.15, 0.2) is 42.6 Å². The van der Waals surface area contributed by atoms with Crippen molar-refractivity contribution in [3.8, 4) is 5.75 Å². The molecule has 0 amide bonds. The summed E-state index contributed by atoms with van der Waals surface area (Å²) >= 11 is 0. The molecule has 100 valence electrons. The van der Waals surface area contributed by atoms with E-state index in [0.717, 1.165) is 23.4 Å². The van der Waals surface area contributed by atoms with Gasteiger partial charge in [0, 0.05) is 18.2 Å². The summed E-state index contributed by atoms with van der Waals surface area (Å²) in [7, 11) is 1.65. The van der Waals surface area contributed by atoms with E-state index in [1.807, 2.05) is 34.9 Å². The lowest BCUT2D eigenvalue weighted by Gasteiger charge is -2.03. The predicted molar refractivity (Wildman–Crippen MR) is 74.2 cm³/mol. The van der Waals surface area contributed by atoms with E-state index in [1.165, 1.54) is 0 Å². The van der Waals surface area contributed by atoms with Crippen molar-refractivity contribution in [3.63, 3.8) is 0 Å². The molecule has 0 radical (unpaired) electrons. The molecule has 5 heteroatoms. The average molecular weight is 267 g/mol. The van der Waals surface area contributed by atoms with Crippen LogP contribution in [0.1, 0.15) is 21.7 Å². The maximum Gasteiger partial charge on any atom is 0.161 e. The summed E-state index contributed by atoms with van der Waals surface area (Å²) in [5, 5.41) is 8.27. The molecular weight excluding hydrogens is 254 g/mol. The first kappa shape index (κ1) is 12.3. The molecule has 0 atom stereocenters. The van der Waals surface area contributed by atoms with Gasteiger partial charge in [0.15, 0.2) is 5.65 Å². The zero-order chi connectivity index (χ0) is 13.9. The van der Waals surface area contributed by atoms with Gasteiger partial charge in [0.25, 0.3) is 0 Å². The molecule has 0 fully saturated rings. The summed E-state index contributed by atoms with van der Waals surface area (Å²) in [5.74, 6) is 1.64. The van der Waals surface area contributed by atoms with Crippen molar-refractivity contribution in [2.45, 2.75) is 6.42 Å². The minimum Gasteiger partial charge on any atom is -0.497 e. The number of fused-ring (bicyclic) bond motifs is 1. The van der Waals surface area contributed by atoms with Gasteiger partial charge in [-0.05, 0) is 29.8 Å². The number of aldehydes is 1. The number of methoxy groups -OCH3 is 1. The lowest BCUT2D eigenvalue weighted by atomic mass is 10.1. The van der Waals surface area contributed by atoms with Crippen LogP contribution in [0.2, 0.25) is 0 Å². The summed E-state index contributed by atoms with van der Waals surface area (Å²) < 4.78 is 7.09. The quantitative estimate of drug-likeness (QED) is 0.680. The summed E-state index contributed by atoms with van der Waals surface area (Å²) in [6.07, 6.45) is 3.27. The smallest absolute Gasteiger partial charge is 0.161 e. The number of hydrogen-bond acceptors (Lipinski definition) is 4. The second-order valence-electron chi connectivity index (χ2n) is 4.45. The molecule has 0 N–H and O–H groups in total. The number of nitrogens with zero attached hydrogens (tertiary/aromatic N) is 3. The highest BCUT2D eigenvalue weighted by atomic mass is 16.5. The monoisotopic (exact) mass is 267 g/mol. The Morgan fingerprint density at radius 3 is 2.95 bits per heavy atom. The van der Waals surface area contributed by atoms with Crippen LogP contribution in [0.4, 0.5) is 0 Å². The SMILES string of the molecule is COc1cccc(Cc2nnc3cc(C=O)ccn23)c1. The van der Waals surface area contributed by atoms with Gasteiger partial charge in [-0.15, -0.1) is 10.2 Å². The Balaban J connectivity index is 1.96. The van der Waals surface area contributed by atoms with E-state index in [9.17, 15) is 4.79 Å². The lowest BCUT2D eigenvalue weighted by Crippen LogP contribution is -1.97.